The van der Waals surface area contributed by atoms with Gasteiger partial charge in [-0.25, -0.2) is 0 Å². The Bertz CT molecular complexity index is 454. The maximum absolute atomic E-state index is 12.1. The molecule has 116 valence electrons. The van der Waals surface area contributed by atoms with Crippen LogP contribution in [0.2, 0.25) is 0 Å². The molecule has 1 aliphatic carbocycles. The predicted octanol–water partition coefficient (Wildman–Crippen LogP) is 2.72. The quantitative estimate of drug-likeness (QED) is 0.773. The average molecular weight is 289 g/mol. The van der Waals surface area contributed by atoms with E-state index >= 15 is 0 Å². The van der Waals surface area contributed by atoms with E-state index in [0.717, 1.165) is 30.3 Å². The number of likely N-dealkylation sites (N-methyl/N-ethyl adjacent to an activating group) is 1. The number of carbonyl (C=O) groups excluding carboxylic acids is 1. The van der Waals surface area contributed by atoms with Gasteiger partial charge in [-0.1, -0.05) is 6.92 Å². The van der Waals surface area contributed by atoms with E-state index in [2.05, 4.69) is 36.4 Å². The lowest BCUT2D eigenvalue weighted by atomic mass is 10.2. The molecule has 1 unspecified atom stereocenters. The van der Waals surface area contributed by atoms with Crippen molar-refractivity contribution >= 4 is 11.6 Å². The van der Waals surface area contributed by atoms with E-state index in [1.54, 1.807) is 0 Å². The number of benzene rings is 1. The number of carbonyl (C=O) groups is 1. The molecule has 0 saturated heterocycles. The molecule has 1 saturated carbocycles. The maximum atomic E-state index is 12.1. The fourth-order valence-corrected chi connectivity index (χ4v) is 2.34. The highest BCUT2D eigenvalue weighted by Crippen LogP contribution is 2.26. The molecular formula is C17H27N3O. The molecule has 1 amide bonds. The summed E-state index contributed by atoms with van der Waals surface area (Å²) in [7, 11) is 2.14. The maximum Gasteiger partial charge on any atom is 0.251 e. The van der Waals surface area contributed by atoms with Gasteiger partial charge in [0.15, 0.2) is 0 Å². The van der Waals surface area contributed by atoms with E-state index in [1.807, 2.05) is 24.3 Å². The van der Waals surface area contributed by atoms with Crippen molar-refractivity contribution in [1.82, 2.24) is 10.2 Å². The normalized spacial score (nSPS) is 15.8. The van der Waals surface area contributed by atoms with Gasteiger partial charge >= 0.3 is 0 Å². The Labute approximate surface area is 127 Å². The van der Waals surface area contributed by atoms with Crippen LogP contribution in [0.25, 0.3) is 0 Å². The van der Waals surface area contributed by atoms with E-state index in [9.17, 15) is 4.79 Å². The zero-order valence-electron chi connectivity index (χ0n) is 13.4. The molecule has 4 heteroatoms. The zero-order chi connectivity index (χ0) is 15.2. The monoisotopic (exact) mass is 289 g/mol. The molecule has 0 bridgehead atoms. The molecule has 0 aromatic heterocycles. The van der Waals surface area contributed by atoms with Gasteiger partial charge in [0.25, 0.3) is 5.91 Å². The molecule has 2 rings (SSSR count). The van der Waals surface area contributed by atoms with E-state index in [4.69, 9.17) is 0 Å². The molecule has 0 radical (unpaired) electrons. The van der Waals surface area contributed by atoms with Gasteiger partial charge in [0.1, 0.15) is 0 Å². The first-order valence-electron chi connectivity index (χ1n) is 7.96. The summed E-state index contributed by atoms with van der Waals surface area (Å²) in [5.41, 5.74) is 1.79. The molecule has 4 nitrogen and oxygen atoms in total. The Morgan fingerprint density at radius 3 is 2.57 bits per heavy atom. The van der Waals surface area contributed by atoms with Crippen LogP contribution in [0.1, 0.15) is 43.5 Å². The van der Waals surface area contributed by atoms with Gasteiger partial charge in [-0.2, -0.15) is 0 Å². The summed E-state index contributed by atoms with van der Waals surface area (Å²) in [6, 6.07) is 8.78. The van der Waals surface area contributed by atoms with Crippen molar-refractivity contribution in [2.45, 2.75) is 45.2 Å². The largest absolute Gasteiger partial charge is 0.385 e. The SMILES string of the molecule is CCCNc1ccc(C(=O)NCC(C)N(C)C2CC2)cc1. The van der Waals surface area contributed by atoms with Gasteiger partial charge in [-0.3, -0.25) is 9.69 Å². The predicted molar refractivity (Wildman–Crippen MR) is 87.8 cm³/mol. The molecule has 1 aromatic carbocycles. The smallest absolute Gasteiger partial charge is 0.251 e. The second kappa shape index (κ2) is 7.46. The standard InChI is InChI=1S/C17H27N3O/c1-4-11-18-15-7-5-14(6-8-15)17(21)19-12-13(2)20(3)16-9-10-16/h5-8,13,16,18H,4,9-12H2,1-3H3,(H,19,21). The van der Waals surface area contributed by atoms with Gasteiger partial charge < -0.3 is 10.6 Å². The Morgan fingerprint density at radius 2 is 2.00 bits per heavy atom. The molecule has 0 spiro atoms. The summed E-state index contributed by atoms with van der Waals surface area (Å²) in [5, 5.41) is 6.33. The Morgan fingerprint density at radius 1 is 1.33 bits per heavy atom. The number of rotatable bonds is 8. The summed E-state index contributed by atoms with van der Waals surface area (Å²) in [4.78, 5) is 14.5. The van der Waals surface area contributed by atoms with Crippen LogP contribution in [0.3, 0.4) is 0 Å². The average Bonchev–Trinajstić information content (AvgIpc) is 3.34. The minimum absolute atomic E-state index is 0.00749. The lowest BCUT2D eigenvalue weighted by Crippen LogP contribution is -2.41. The van der Waals surface area contributed by atoms with Crippen molar-refractivity contribution in [3.05, 3.63) is 29.8 Å². The van der Waals surface area contributed by atoms with Crippen LogP contribution >= 0.6 is 0 Å². The summed E-state index contributed by atoms with van der Waals surface area (Å²) in [6.45, 7) is 5.95. The molecule has 2 N–H and O–H groups in total. The van der Waals surface area contributed by atoms with Crippen LogP contribution in [-0.2, 0) is 0 Å². The second-order valence-electron chi connectivity index (χ2n) is 5.96. The van der Waals surface area contributed by atoms with E-state index in [0.29, 0.717) is 12.6 Å². The van der Waals surface area contributed by atoms with E-state index in [-0.39, 0.29) is 5.91 Å². The number of nitrogens with one attached hydrogen (secondary N) is 2. The minimum atomic E-state index is 0.00749. The lowest BCUT2D eigenvalue weighted by molar-refractivity contribution is 0.0939. The third kappa shape index (κ3) is 4.74. The highest BCUT2D eigenvalue weighted by Gasteiger charge is 2.29. The number of hydrogen-bond acceptors (Lipinski definition) is 3. The lowest BCUT2D eigenvalue weighted by Gasteiger charge is -2.24. The van der Waals surface area contributed by atoms with Crippen LogP contribution in [0.15, 0.2) is 24.3 Å². The molecule has 1 fully saturated rings. The van der Waals surface area contributed by atoms with Gasteiger partial charge in [-0.15, -0.1) is 0 Å². The van der Waals surface area contributed by atoms with Crippen LogP contribution in [0, 0.1) is 0 Å². The number of anilines is 1. The van der Waals surface area contributed by atoms with Crippen LogP contribution < -0.4 is 10.6 Å². The zero-order valence-corrected chi connectivity index (χ0v) is 13.4. The molecule has 0 heterocycles. The Balaban J connectivity index is 1.79. The van der Waals surface area contributed by atoms with Crippen molar-refractivity contribution in [2.24, 2.45) is 0 Å². The fraction of sp³-hybridized carbons (Fsp3) is 0.588. The Kier molecular flexibility index (Phi) is 5.62. The van der Waals surface area contributed by atoms with Crippen LogP contribution in [-0.4, -0.2) is 43.0 Å². The molecule has 1 aromatic rings. The van der Waals surface area contributed by atoms with Crippen molar-refractivity contribution < 1.29 is 4.79 Å². The second-order valence-corrected chi connectivity index (χ2v) is 5.96. The number of amides is 1. The van der Waals surface area contributed by atoms with Gasteiger partial charge in [0.2, 0.25) is 0 Å². The van der Waals surface area contributed by atoms with Gasteiger partial charge in [0, 0.05) is 36.4 Å². The molecular weight excluding hydrogens is 262 g/mol. The fourth-order valence-electron chi connectivity index (χ4n) is 2.34. The number of hydrogen-bond donors (Lipinski definition) is 2. The van der Waals surface area contributed by atoms with Crippen LogP contribution in [0.5, 0.6) is 0 Å². The minimum Gasteiger partial charge on any atom is -0.385 e. The van der Waals surface area contributed by atoms with Crippen molar-refractivity contribution in [3.63, 3.8) is 0 Å². The first kappa shape index (κ1) is 15.8. The van der Waals surface area contributed by atoms with E-state index in [1.165, 1.54) is 12.8 Å². The first-order chi connectivity index (χ1) is 10.1. The molecule has 1 atom stereocenters. The highest BCUT2D eigenvalue weighted by molar-refractivity contribution is 5.94. The third-order valence-corrected chi connectivity index (χ3v) is 4.10. The van der Waals surface area contributed by atoms with Gasteiger partial charge in [-0.05, 0) is 57.5 Å². The summed E-state index contributed by atoms with van der Waals surface area (Å²) in [5.74, 6) is 0.00749. The summed E-state index contributed by atoms with van der Waals surface area (Å²) >= 11 is 0. The first-order valence-corrected chi connectivity index (χ1v) is 7.96. The number of nitrogens with zero attached hydrogens (tertiary/aromatic N) is 1. The Hall–Kier alpha value is -1.55. The van der Waals surface area contributed by atoms with Crippen LogP contribution in [0.4, 0.5) is 5.69 Å². The van der Waals surface area contributed by atoms with Gasteiger partial charge in [0.05, 0.1) is 0 Å². The summed E-state index contributed by atoms with van der Waals surface area (Å²) < 4.78 is 0. The van der Waals surface area contributed by atoms with Crippen molar-refractivity contribution in [3.8, 4) is 0 Å². The summed E-state index contributed by atoms with van der Waals surface area (Å²) in [6.07, 6.45) is 3.68. The van der Waals surface area contributed by atoms with Crippen molar-refractivity contribution in [1.29, 1.82) is 0 Å². The van der Waals surface area contributed by atoms with E-state index < -0.39 is 0 Å². The molecule has 21 heavy (non-hydrogen) atoms. The van der Waals surface area contributed by atoms with Crippen molar-refractivity contribution in [2.75, 3.05) is 25.5 Å². The molecule has 1 aliphatic rings. The topological polar surface area (TPSA) is 44.4 Å². The third-order valence-electron chi connectivity index (χ3n) is 4.10. The highest BCUT2D eigenvalue weighted by atomic mass is 16.1. The molecule has 0 aliphatic heterocycles.